The van der Waals surface area contributed by atoms with E-state index in [0.717, 1.165) is 15.7 Å². The van der Waals surface area contributed by atoms with E-state index in [-0.39, 0.29) is 10.8 Å². The van der Waals surface area contributed by atoms with Gasteiger partial charge in [0.25, 0.3) is 5.91 Å². The Morgan fingerprint density at radius 2 is 1.71 bits per heavy atom. The Labute approximate surface area is 164 Å². The molecule has 1 heterocycles. The highest BCUT2D eigenvalue weighted by Crippen LogP contribution is 2.14. The Morgan fingerprint density at radius 3 is 2.36 bits per heavy atom. The Balaban J connectivity index is 1.56. The van der Waals surface area contributed by atoms with E-state index in [0.29, 0.717) is 18.5 Å². The van der Waals surface area contributed by atoms with Crippen LogP contribution in [0, 0.1) is 0 Å². The lowest BCUT2D eigenvalue weighted by atomic mass is 10.2. The molecular weight excluding hydrogens is 376 g/mol. The van der Waals surface area contributed by atoms with Gasteiger partial charge in [-0.3, -0.25) is 4.79 Å². The summed E-state index contributed by atoms with van der Waals surface area (Å²) in [4.78, 5) is 12.4. The molecule has 0 saturated carbocycles. The van der Waals surface area contributed by atoms with Crippen LogP contribution in [-0.4, -0.2) is 49.1 Å². The first-order chi connectivity index (χ1) is 13.4. The second-order valence-electron chi connectivity index (χ2n) is 6.40. The molecule has 28 heavy (non-hydrogen) atoms. The van der Waals surface area contributed by atoms with E-state index in [4.69, 9.17) is 0 Å². The van der Waals surface area contributed by atoms with Crippen LogP contribution in [0.2, 0.25) is 0 Å². The maximum absolute atomic E-state index is 12.3. The predicted molar refractivity (Wildman–Crippen MR) is 107 cm³/mol. The van der Waals surface area contributed by atoms with Gasteiger partial charge in [0.1, 0.15) is 0 Å². The van der Waals surface area contributed by atoms with Crippen molar-refractivity contribution < 1.29 is 13.2 Å². The molecule has 1 amide bonds. The molecule has 0 aliphatic heterocycles. The van der Waals surface area contributed by atoms with Crippen molar-refractivity contribution in [1.29, 1.82) is 0 Å². The third-order valence-electron chi connectivity index (χ3n) is 4.23. The number of nitrogens with zero attached hydrogens (tertiary/aromatic N) is 3. The molecule has 8 heteroatoms. The van der Waals surface area contributed by atoms with Crippen molar-refractivity contribution in [2.75, 3.05) is 20.6 Å². The molecular formula is C20H22N4O3S. The smallest absolute Gasteiger partial charge is 0.251 e. The van der Waals surface area contributed by atoms with Gasteiger partial charge >= 0.3 is 0 Å². The molecule has 1 aromatic heterocycles. The summed E-state index contributed by atoms with van der Waals surface area (Å²) in [7, 11) is -0.567. The van der Waals surface area contributed by atoms with E-state index in [1.807, 2.05) is 42.6 Å². The van der Waals surface area contributed by atoms with Gasteiger partial charge in [-0.25, -0.2) is 17.4 Å². The zero-order valence-electron chi connectivity index (χ0n) is 15.7. The molecule has 0 atom stereocenters. The number of benzene rings is 2. The van der Waals surface area contributed by atoms with Crippen molar-refractivity contribution >= 4 is 15.9 Å². The summed E-state index contributed by atoms with van der Waals surface area (Å²) in [5.41, 5.74) is 2.26. The summed E-state index contributed by atoms with van der Waals surface area (Å²) in [5, 5.41) is 7.33. The van der Waals surface area contributed by atoms with Crippen LogP contribution in [0.25, 0.3) is 5.69 Å². The minimum absolute atomic E-state index is 0.153. The van der Waals surface area contributed by atoms with E-state index in [9.17, 15) is 13.2 Å². The van der Waals surface area contributed by atoms with Gasteiger partial charge in [0.2, 0.25) is 10.0 Å². The third kappa shape index (κ3) is 4.47. The van der Waals surface area contributed by atoms with Crippen LogP contribution in [0.4, 0.5) is 0 Å². The number of amides is 1. The second kappa shape index (κ2) is 8.37. The van der Waals surface area contributed by atoms with E-state index in [2.05, 4.69) is 10.4 Å². The standard InChI is InChI=1S/C20H22N4O3S/c1-23(2)28(26,27)19-10-8-16(9-11-19)20(25)21-14-12-17-13-15-24(22-17)18-6-4-3-5-7-18/h3-11,13,15H,12,14H2,1-2H3,(H,21,25). The summed E-state index contributed by atoms with van der Waals surface area (Å²) in [6, 6.07) is 17.6. The van der Waals surface area contributed by atoms with Crippen molar-refractivity contribution in [2.45, 2.75) is 11.3 Å². The average molecular weight is 398 g/mol. The summed E-state index contributed by atoms with van der Waals surface area (Å²) in [5.74, 6) is -0.253. The normalized spacial score (nSPS) is 11.5. The molecule has 0 fully saturated rings. The monoisotopic (exact) mass is 398 g/mol. The number of hydrogen-bond acceptors (Lipinski definition) is 4. The lowest BCUT2D eigenvalue weighted by molar-refractivity contribution is 0.0954. The summed E-state index contributed by atoms with van der Waals surface area (Å²) in [6.45, 7) is 0.433. The maximum atomic E-state index is 12.3. The highest BCUT2D eigenvalue weighted by molar-refractivity contribution is 7.89. The highest BCUT2D eigenvalue weighted by atomic mass is 32.2. The van der Waals surface area contributed by atoms with E-state index < -0.39 is 10.0 Å². The van der Waals surface area contributed by atoms with Gasteiger partial charge in [-0.2, -0.15) is 5.10 Å². The molecule has 3 aromatic rings. The van der Waals surface area contributed by atoms with Gasteiger partial charge in [0, 0.05) is 38.8 Å². The van der Waals surface area contributed by atoms with Crippen LogP contribution in [0.1, 0.15) is 16.1 Å². The fourth-order valence-electron chi connectivity index (χ4n) is 2.61. The average Bonchev–Trinajstić information content (AvgIpc) is 3.17. The fourth-order valence-corrected chi connectivity index (χ4v) is 3.52. The van der Waals surface area contributed by atoms with Gasteiger partial charge in [0.05, 0.1) is 16.3 Å². The molecule has 0 bridgehead atoms. The van der Waals surface area contributed by atoms with Gasteiger partial charge in [0.15, 0.2) is 0 Å². The van der Waals surface area contributed by atoms with Crippen molar-refractivity contribution in [3.05, 3.63) is 78.1 Å². The highest BCUT2D eigenvalue weighted by Gasteiger charge is 2.17. The number of nitrogens with one attached hydrogen (secondary N) is 1. The molecule has 0 unspecified atom stereocenters. The molecule has 0 saturated heterocycles. The minimum Gasteiger partial charge on any atom is -0.352 e. The number of sulfonamides is 1. The van der Waals surface area contributed by atoms with Crippen molar-refractivity contribution in [3.8, 4) is 5.69 Å². The van der Waals surface area contributed by atoms with E-state index in [1.165, 1.54) is 38.4 Å². The molecule has 146 valence electrons. The van der Waals surface area contributed by atoms with Crippen LogP contribution in [0.15, 0.2) is 71.8 Å². The maximum Gasteiger partial charge on any atom is 0.251 e. The Hall–Kier alpha value is -2.97. The topological polar surface area (TPSA) is 84.3 Å². The second-order valence-corrected chi connectivity index (χ2v) is 8.56. The first-order valence-electron chi connectivity index (χ1n) is 8.79. The summed E-state index contributed by atoms with van der Waals surface area (Å²) < 4.78 is 27.1. The fraction of sp³-hybridized carbons (Fsp3) is 0.200. The lowest BCUT2D eigenvalue weighted by Crippen LogP contribution is -2.26. The van der Waals surface area contributed by atoms with Crippen LogP contribution in [0.5, 0.6) is 0 Å². The van der Waals surface area contributed by atoms with Crippen LogP contribution in [-0.2, 0) is 16.4 Å². The number of carbonyl (C=O) groups excluding carboxylic acids is 1. The van der Waals surface area contributed by atoms with Crippen LogP contribution >= 0.6 is 0 Å². The van der Waals surface area contributed by atoms with Crippen LogP contribution < -0.4 is 5.32 Å². The van der Waals surface area contributed by atoms with Crippen molar-refractivity contribution in [1.82, 2.24) is 19.4 Å². The number of para-hydroxylation sites is 1. The largest absolute Gasteiger partial charge is 0.352 e. The van der Waals surface area contributed by atoms with E-state index in [1.54, 1.807) is 4.68 Å². The van der Waals surface area contributed by atoms with Crippen molar-refractivity contribution in [2.24, 2.45) is 0 Å². The third-order valence-corrected chi connectivity index (χ3v) is 6.06. The Bertz CT molecular complexity index is 1040. The van der Waals surface area contributed by atoms with Gasteiger partial charge < -0.3 is 5.32 Å². The molecule has 0 aliphatic rings. The lowest BCUT2D eigenvalue weighted by Gasteiger charge is -2.11. The number of aromatic nitrogens is 2. The SMILES string of the molecule is CN(C)S(=O)(=O)c1ccc(C(=O)NCCc2ccn(-c3ccccc3)n2)cc1. The number of hydrogen-bond donors (Lipinski definition) is 1. The quantitative estimate of drug-likeness (QED) is 0.661. The number of carbonyl (C=O) groups is 1. The van der Waals surface area contributed by atoms with Crippen molar-refractivity contribution in [3.63, 3.8) is 0 Å². The first kappa shape index (κ1) is 19.8. The van der Waals surface area contributed by atoms with Gasteiger partial charge in [-0.1, -0.05) is 18.2 Å². The summed E-state index contributed by atoms with van der Waals surface area (Å²) >= 11 is 0. The molecule has 2 aromatic carbocycles. The first-order valence-corrected chi connectivity index (χ1v) is 10.2. The minimum atomic E-state index is -3.50. The molecule has 3 rings (SSSR count). The zero-order chi connectivity index (χ0) is 20.1. The molecule has 1 N–H and O–H groups in total. The Morgan fingerprint density at radius 1 is 1.04 bits per heavy atom. The molecule has 0 spiro atoms. The van der Waals surface area contributed by atoms with Gasteiger partial charge in [-0.15, -0.1) is 0 Å². The van der Waals surface area contributed by atoms with E-state index >= 15 is 0 Å². The van der Waals surface area contributed by atoms with Crippen LogP contribution in [0.3, 0.4) is 0 Å². The number of rotatable bonds is 7. The molecule has 0 radical (unpaired) electrons. The molecule has 0 aliphatic carbocycles. The Kier molecular flexibility index (Phi) is 5.91. The molecule has 7 nitrogen and oxygen atoms in total. The predicted octanol–water partition coefficient (Wildman–Crippen LogP) is 2.10. The zero-order valence-corrected chi connectivity index (χ0v) is 16.6. The van der Waals surface area contributed by atoms with Gasteiger partial charge in [-0.05, 0) is 42.5 Å². The summed E-state index contributed by atoms with van der Waals surface area (Å²) in [6.07, 6.45) is 2.48.